The molecule has 0 bridgehead atoms. The van der Waals surface area contributed by atoms with Gasteiger partial charge in [-0.05, 0) is 61.6 Å². The van der Waals surface area contributed by atoms with Crippen molar-refractivity contribution in [1.29, 1.82) is 0 Å². The molecule has 1 atom stereocenters. The number of nitrogens with one attached hydrogen (secondary N) is 4. The summed E-state index contributed by atoms with van der Waals surface area (Å²) < 4.78 is 4.54. The number of benzene rings is 2. The maximum Gasteiger partial charge on any atom is 0.329 e. The molecule has 3 amide bonds. The molecule has 4 fully saturated rings. The molecule has 1 unspecified atom stereocenters. The van der Waals surface area contributed by atoms with Crippen LogP contribution in [-0.2, 0) is 23.2 Å². The number of hydrogen-bond acceptors (Lipinski definition) is 12. The van der Waals surface area contributed by atoms with Crippen LogP contribution < -0.4 is 31.9 Å². The number of likely N-dealkylation sites (tertiary alicyclic amines) is 1. The third-order valence-corrected chi connectivity index (χ3v) is 11.8. The fourth-order valence-electron chi connectivity index (χ4n) is 8.33. The number of hydrogen-bond donors (Lipinski definition) is 4. The van der Waals surface area contributed by atoms with Crippen LogP contribution in [-0.4, -0.2) is 94.6 Å². The third-order valence-electron chi connectivity index (χ3n) is 11.8. The molecule has 59 heavy (non-hydrogen) atoms. The predicted molar refractivity (Wildman–Crippen MR) is 219 cm³/mol. The van der Waals surface area contributed by atoms with Crippen molar-refractivity contribution in [2.24, 2.45) is 7.05 Å². The van der Waals surface area contributed by atoms with Crippen LogP contribution in [0.3, 0.4) is 0 Å². The van der Waals surface area contributed by atoms with Crippen molar-refractivity contribution in [3.63, 3.8) is 0 Å². The van der Waals surface area contributed by atoms with Crippen molar-refractivity contribution >= 4 is 57.5 Å². The zero-order valence-corrected chi connectivity index (χ0v) is 32.5. The Labute approximate surface area is 337 Å². The molecule has 4 aliphatic rings. The monoisotopic (exact) mass is 791 g/mol. The maximum absolute atomic E-state index is 13.1. The van der Waals surface area contributed by atoms with E-state index in [0.717, 1.165) is 56.8 Å². The first-order chi connectivity index (χ1) is 28.6. The molecule has 6 aromatic rings. The Kier molecular flexibility index (Phi) is 8.67. The standard InChI is InChI=1S/C42H41N13O4/c1-43-30-18-35(50-55-34(21-44-37(30)55)39(58)48-28-9-10-28)47-29-5-3-4-26(16-29)22-53-15-14-42(53)23-52(24-42)40-45-19-27(20-46-40)7-6-25-8-11-31-33(17-25)51(2)41(59)54(31)32-12-13-36(56)49-38(32)57/h3-5,8,11,16-21,28,32,43H,9-10,12-15,22-24H2,1-2H3,(H,47,50)(H,48,58)(H,49,56,57). The van der Waals surface area contributed by atoms with Gasteiger partial charge in [-0.3, -0.25) is 33.7 Å². The number of carbonyl (C=O) groups excluding carboxylic acids is 3. The van der Waals surface area contributed by atoms with Crippen LogP contribution in [0.4, 0.5) is 23.1 Å². The summed E-state index contributed by atoms with van der Waals surface area (Å²) >= 11 is 0. The first-order valence-corrected chi connectivity index (χ1v) is 19.8. The van der Waals surface area contributed by atoms with Gasteiger partial charge in [0, 0.05) is 82.4 Å². The molecule has 0 radical (unpaired) electrons. The van der Waals surface area contributed by atoms with Crippen molar-refractivity contribution in [3.8, 4) is 11.8 Å². The molecule has 7 heterocycles. The van der Waals surface area contributed by atoms with Gasteiger partial charge in [-0.25, -0.2) is 24.3 Å². The Bertz CT molecular complexity index is 2820. The Balaban J connectivity index is 0.774. The minimum Gasteiger partial charge on any atom is -0.385 e. The number of nitrogens with zero attached hydrogens (tertiary/aromatic N) is 9. The Morgan fingerprint density at radius 2 is 1.76 bits per heavy atom. The first kappa shape index (κ1) is 36.3. The topological polar surface area (TPSA) is 189 Å². The predicted octanol–water partition coefficient (Wildman–Crippen LogP) is 2.69. The second kappa shape index (κ2) is 14.1. The lowest BCUT2D eigenvalue weighted by Gasteiger charge is -2.62. The van der Waals surface area contributed by atoms with Crippen molar-refractivity contribution in [2.45, 2.75) is 56.3 Å². The van der Waals surface area contributed by atoms with Crippen molar-refractivity contribution in [2.75, 3.05) is 42.2 Å². The zero-order chi connectivity index (χ0) is 40.4. The average molecular weight is 792 g/mol. The third kappa shape index (κ3) is 6.60. The quantitative estimate of drug-likeness (QED) is 0.124. The van der Waals surface area contributed by atoms with E-state index in [-0.39, 0.29) is 41.9 Å². The molecular formula is C42H41N13O4. The van der Waals surface area contributed by atoms with Crippen LogP contribution in [0.5, 0.6) is 0 Å². The van der Waals surface area contributed by atoms with Crippen LogP contribution >= 0.6 is 0 Å². The molecule has 3 aliphatic heterocycles. The van der Waals surface area contributed by atoms with Gasteiger partial charge in [0.2, 0.25) is 17.8 Å². The van der Waals surface area contributed by atoms with E-state index in [9.17, 15) is 19.2 Å². The molecule has 1 aliphatic carbocycles. The summed E-state index contributed by atoms with van der Waals surface area (Å²) in [6, 6.07) is 15.1. The summed E-state index contributed by atoms with van der Waals surface area (Å²) in [5.74, 6) is 6.58. The number of fused-ring (bicyclic) bond motifs is 2. The molecule has 1 saturated carbocycles. The van der Waals surface area contributed by atoms with E-state index in [2.05, 4.69) is 70.0 Å². The number of amides is 3. The van der Waals surface area contributed by atoms with E-state index >= 15 is 0 Å². The van der Waals surface area contributed by atoms with Gasteiger partial charge >= 0.3 is 5.69 Å². The van der Waals surface area contributed by atoms with Gasteiger partial charge in [-0.15, -0.1) is 5.10 Å². The Morgan fingerprint density at radius 1 is 0.949 bits per heavy atom. The average Bonchev–Trinajstić information content (AvgIpc) is 3.87. The molecule has 1 spiro atoms. The van der Waals surface area contributed by atoms with Gasteiger partial charge < -0.3 is 20.9 Å². The molecule has 17 nitrogen and oxygen atoms in total. The summed E-state index contributed by atoms with van der Waals surface area (Å²) in [5.41, 5.74) is 6.21. The number of anilines is 4. The number of imide groups is 1. The molecule has 3 saturated heterocycles. The second-order valence-corrected chi connectivity index (χ2v) is 15.8. The second-order valence-electron chi connectivity index (χ2n) is 15.8. The van der Waals surface area contributed by atoms with Crippen LogP contribution in [0.25, 0.3) is 16.7 Å². The highest BCUT2D eigenvalue weighted by Gasteiger charge is 2.53. The number of aryl methyl sites for hydroxylation is 1. The number of piperidine rings is 1. The highest BCUT2D eigenvalue weighted by atomic mass is 16.2. The van der Waals surface area contributed by atoms with E-state index in [1.807, 2.05) is 37.4 Å². The molecule has 10 rings (SSSR count). The van der Waals surface area contributed by atoms with Gasteiger partial charge in [0.1, 0.15) is 6.04 Å². The summed E-state index contributed by atoms with van der Waals surface area (Å²) in [7, 11) is 3.48. The van der Waals surface area contributed by atoms with Gasteiger partial charge in [0.05, 0.1) is 34.0 Å². The van der Waals surface area contributed by atoms with E-state index < -0.39 is 11.9 Å². The van der Waals surface area contributed by atoms with Crippen LogP contribution in [0.15, 0.2) is 71.9 Å². The van der Waals surface area contributed by atoms with Gasteiger partial charge in [-0.2, -0.15) is 0 Å². The van der Waals surface area contributed by atoms with Crippen molar-refractivity contribution in [1.82, 2.24) is 49.2 Å². The fourth-order valence-corrected chi connectivity index (χ4v) is 8.33. The molecule has 4 aromatic heterocycles. The molecule has 2 aromatic carbocycles. The van der Waals surface area contributed by atoms with Crippen LogP contribution in [0.1, 0.15) is 65.3 Å². The Morgan fingerprint density at radius 3 is 2.51 bits per heavy atom. The molecule has 17 heteroatoms. The highest BCUT2D eigenvalue weighted by molar-refractivity contribution is 6.00. The van der Waals surface area contributed by atoms with E-state index in [4.69, 9.17) is 5.10 Å². The number of imidazole rings is 2. The molecule has 298 valence electrons. The van der Waals surface area contributed by atoms with E-state index in [0.29, 0.717) is 45.3 Å². The first-order valence-electron chi connectivity index (χ1n) is 19.8. The van der Waals surface area contributed by atoms with Crippen molar-refractivity contribution in [3.05, 3.63) is 100.0 Å². The van der Waals surface area contributed by atoms with Gasteiger partial charge in [-0.1, -0.05) is 24.0 Å². The SMILES string of the molecule is CNc1cc(Nc2cccc(CN3CCC34CN(c3ncc(C#Cc5ccc6c(c5)n(C)c(=O)n6C5CCC(=O)NC5=O)cn3)C4)c2)nn2c(C(=O)NC3CC3)cnc12. The van der Waals surface area contributed by atoms with Crippen molar-refractivity contribution < 1.29 is 14.4 Å². The summed E-state index contributed by atoms with van der Waals surface area (Å²) in [4.78, 5) is 68.6. The lowest BCUT2D eigenvalue weighted by Crippen LogP contribution is -2.76. The van der Waals surface area contributed by atoms with Crippen LogP contribution in [0, 0.1) is 11.8 Å². The maximum atomic E-state index is 13.1. The van der Waals surface area contributed by atoms with Gasteiger partial charge in [0.25, 0.3) is 5.91 Å². The number of rotatable bonds is 9. The summed E-state index contributed by atoms with van der Waals surface area (Å²) in [6.45, 7) is 3.50. The van der Waals surface area contributed by atoms with Crippen LogP contribution in [0.2, 0.25) is 0 Å². The molecular weight excluding hydrogens is 751 g/mol. The summed E-state index contributed by atoms with van der Waals surface area (Å²) in [5, 5.41) is 16.7. The fraction of sp³-hybridized carbons (Fsp3) is 0.333. The number of carbonyl (C=O) groups is 3. The summed E-state index contributed by atoms with van der Waals surface area (Å²) in [6.07, 6.45) is 8.60. The smallest absolute Gasteiger partial charge is 0.329 e. The van der Waals surface area contributed by atoms with E-state index in [1.54, 1.807) is 36.2 Å². The minimum atomic E-state index is -0.740. The van der Waals surface area contributed by atoms with E-state index in [1.165, 1.54) is 14.7 Å². The molecule has 4 N–H and O–H groups in total. The highest BCUT2D eigenvalue weighted by Crippen LogP contribution is 2.41. The van der Waals surface area contributed by atoms with Gasteiger partial charge in [0.15, 0.2) is 17.2 Å². The lowest BCUT2D eigenvalue weighted by molar-refractivity contribution is -0.135. The lowest BCUT2D eigenvalue weighted by atomic mass is 9.77. The largest absolute Gasteiger partial charge is 0.385 e. The zero-order valence-electron chi connectivity index (χ0n) is 32.5. The minimum absolute atomic E-state index is 0.0777. The Hall–Kier alpha value is -7.06. The normalized spacial score (nSPS) is 18.5. The number of aromatic nitrogens is 7.